The van der Waals surface area contributed by atoms with E-state index in [2.05, 4.69) is 20.6 Å². The van der Waals surface area contributed by atoms with Crippen LogP contribution in [0.15, 0.2) is 47.6 Å². The van der Waals surface area contributed by atoms with E-state index in [9.17, 15) is 0 Å². The molecule has 0 aliphatic rings. The maximum atomic E-state index is 6.17. The van der Waals surface area contributed by atoms with Crippen molar-refractivity contribution in [1.82, 2.24) is 15.6 Å². The van der Waals surface area contributed by atoms with E-state index in [4.69, 9.17) is 23.2 Å². The van der Waals surface area contributed by atoms with Gasteiger partial charge in [-0.25, -0.2) is 0 Å². The van der Waals surface area contributed by atoms with E-state index >= 15 is 0 Å². The Morgan fingerprint density at radius 2 is 2.04 bits per heavy atom. The lowest BCUT2D eigenvalue weighted by Crippen LogP contribution is -2.37. The van der Waals surface area contributed by atoms with Crippen LogP contribution in [0.25, 0.3) is 0 Å². The Hall–Kier alpha value is -1.78. The van der Waals surface area contributed by atoms with Gasteiger partial charge in [0.1, 0.15) is 0 Å². The van der Waals surface area contributed by atoms with Gasteiger partial charge in [-0.15, -0.1) is 0 Å². The molecule has 122 valence electrons. The minimum absolute atomic E-state index is 0.642. The average Bonchev–Trinajstić information content (AvgIpc) is 2.57. The number of nitrogens with zero attached hydrogens (tertiary/aromatic N) is 2. The zero-order valence-electron chi connectivity index (χ0n) is 13.0. The van der Waals surface area contributed by atoms with Crippen molar-refractivity contribution in [3.63, 3.8) is 0 Å². The normalized spacial score (nSPS) is 11.3. The third-order valence-electron chi connectivity index (χ3n) is 3.32. The number of aryl methyl sites for hydroxylation is 1. The van der Waals surface area contributed by atoms with E-state index in [1.807, 2.05) is 30.3 Å². The molecule has 0 spiro atoms. The highest BCUT2D eigenvalue weighted by Gasteiger charge is 2.02. The van der Waals surface area contributed by atoms with Crippen molar-refractivity contribution in [2.75, 3.05) is 13.6 Å². The molecule has 6 heteroatoms. The molecule has 0 radical (unpaired) electrons. The summed E-state index contributed by atoms with van der Waals surface area (Å²) in [6, 6.07) is 11.5. The number of aromatic nitrogens is 1. The summed E-state index contributed by atoms with van der Waals surface area (Å²) in [5.41, 5.74) is 2.08. The van der Waals surface area contributed by atoms with Gasteiger partial charge in [0, 0.05) is 29.8 Å². The minimum Gasteiger partial charge on any atom is -0.356 e. The molecule has 2 N–H and O–H groups in total. The molecular weight excluding hydrogens is 331 g/mol. The number of rotatable bonds is 6. The predicted molar refractivity (Wildman–Crippen MR) is 97.2 cm³/mol. The molecule has 0 fully saturated rings. The first-order chi connectivity index (χ1) is 11.2. The van der Waals surface area contributed by atoms with Gasteiger partial charge in [-0.1, -0.05) is 35.3 Å². The lowest BCUT2D eigenvalue weighted by Gasteiger charge is -2.12. The summed E-state index contributed by atoms with van der Waals surface area (Å²) in [5, 5.41) is 7.90. The van der Waals surface area contributed by atoms with E-state index in [0.29, 0.717) is 11.6 Å². The van der Waals surface area contributed by atoms with Gasteiger partial charge in [-0.3, -0.25) is 9.98 Å². The van der Waals surface area contributed by atoms with Gasteiger partial charge in [-0.2, -0.15) is 0 Å². The summed E-state index contributed by atoms with van der Waals surface area (Å²) < 4.78 is 0. The highest BCUT2D eigenvalue weighted by atomic mass is 35.5. The van der Waals surface area contributed by atoms with Crippen molar-refractivity contribution in [1.29, 1.82) is 0 Å². The molecule has 1 aromatic heterocycles. The molecule has 0 saturated carbocycles. The molecule has 0 aliphatic heterocycles. The molecule has 0 bridgehead atoms. The molecule has 2 aromatic rings. The van der Waals surface area contributed by atoms with Gasteiger partial charge < -0.3 is 10.6 Å². The van der Waals surface area contributed by atoms with Crippen LogP contribution in [0.4, 0.5) is 0 Å². The second-order valence-corrected chi connectivity index (χ2v) is 5.86. The fraction of sp³-hybridized carbons (Fsp3) is 0.294. The highest BCUT2D eigenvalue weighted by molar-refractivity contribution is 6.35. The lowest BCUT2D eigenvalue weighted by atomic mass is 10.1. The van der Waals surface area contributed by atoms with E-state index in [1.165, 1.54) is 0 Å². The van der Waals surface area contributed by atoms with Gasteiger partial charge in [0.2, 0.25) is 0 Å². The second kappa shape index (κ2) is 9.38. The largest absolute Gasteiger partial charge is 0.356 e. The van der Waals surface area contributed by atoms with Gasteiger partial charge in [0.05, 0.1) is 12.2 Å². The summed E-state index contributed by atoms with van der Waals surface area (Å²) in [7, 11) is 1.75. The first-order valence-corrected chi connectivity index (χ1v) is 8.23. The van der Waals surface area contributed by atoms with Crippen LogP contribution >= 0.6 is 23.2 Å². The van der Waals surface area contributed by atoms with Gasteiger partial charge >= 0.3 is 0 Å². The monoisotopic (exact) mass is 350 g/mol. The molecule has 1 heterocycles. The number of nitrogens with one attached hydrogen (secondary N) is 2. The quantitative estimate of drug-likeness (QED) is 0.474. The van der Waals surface area contributed by atoms with Crippen LogP contribution in [0, 0.1) is 0 Å². The third kappa shape index (κ3) is 6.08. The van der Waals surface area contributed by atoms with Crippen molar-refractivity contribution >= 4 is 29.2 Å². The fourth-order valence-corrected chi connectivity index (χ4v) is 2.61. The zero-order valence-corrected chi connectivity index (χ0v) is 14.5. The van der Waals surface area contributed by atoms with Gasteiger partial charge in [0.15, 0.2) is 5.96 Å². The van der Waals surface area contributed by atoms with E-state index in [1.54, 1.807) is 19.3 Å². The number of benzene rings is 1. The standard InChI is InChI=1S/C17H20Cl2N4/c1-20-17(23-12-15-6-2-3-9-21-15)22-10-4-5-13-7-8-14(18)11-16(13)19/h2-3,6-9,11H,4-5,10,12H2,1H3,(H2,20,22,23). The molecule has 4 nitrogen and oxygen atoms in total. The number of hydrogen-bond donors (Lipinski definition) is 2. The predicted octanol–water partition coefficient (Wildman–Crippen LogP) is 3.69. The van der Waals surface area contributed by atoms with Crippen LogP contribution in [0.2, 0.25) is 10.0 Å². The van der Waals surface area contributed by atoms with E-state index < -0.39 is 0 Å². The Morgan fingerprint density at radius 1 is 1.17 bits per heavy atom. The van der Waals surface area contributed by atoms with Crippen LogP contribution in [-0.2, 0) is 13.0 Å². The van der Waals surface area contributed by atoms with Crippen molar-refractivity contribution in [2.24, 2.45) is 4.99 Å². The molecular formula is C17H20Cl2N4. The smallest absolute Gasteiger partial charge is 0.191 e. The Morgan fingerprint density at radius 3 is 2.74 bits per heavy atom. The summed E-state index contributed by atoms with van der Waals surface area (Å²) in [6.07, 6.45) is 3.62. The number of guanidine groups is 1. The molecule has 0 atom stereocenters. The summed E-state index contributed by atoms with van der Waals surface area (Å²) in [5.74, 6) is 0.762. The Labute approximate surface area is 146 Å². The molecule has 23 heavy (non-hydrogen) atoms. The van der Waals surface area contributed by atoms with Crippen LogP contribution in [0.1, 0.15) is 17.7 Å². The van der Waals surface area contributed by atoms with Crippen LogP contribution in [-0.4, -0.2) is 24.5 Å². The fourth-order valence-electron chi connectivity index (χ4n) is 2.11. The Balaban J connectivity index is 1.71. The molecule has 2 rings (SSSR count). The van der Waals surface area contributed by atoms with E-state index in [0.717, 1.165) is 41.6 Å². The second-order valence-electron chi connectivity index (χ2n) is 5.01. The van der Waals surface area contributed by atoms with Crippen molar-refractivity contribution < 1.29 is 0 Å². The molecule has 0 saturated heterocycles. The zero-order chi connectivity index (χ0) is 16.5. The van der Waals surface area contributed by atoms with Crippen LogP contribution < -0.4 is 10.6 Å². The summed E-state index contributed by atoms with van der Waals surface area (Å²) >= 11 is 12.1. The Kier molecular flexibility index (Phi) is 7.17. The summed E-state index contributed by atoms with van der Waals surface area (Å²) in [6.45, 7) is 1.45. The topological polar surface area (TPSA) is 49.3 Å². The lowest BCUT2D eigenvalue weighted by molar-refractivity contribution is 0.738. The van der Waals surface area contributed by atoms with Gasteiger partial charge in [-0.05, 0) is 42.7 Å². The first kappa shape index (κ1) is 17.6. The molecule has 1 aromatic carbocycles. The van der Waals surface area contributed by atoms with Crippen molar-refractivity contribution in [3.8, 4) is 0 Å². The van der Waals surface area contributed by atoms with Gasteiger partial charge in [0.25, 0.3) is 0 Å². The van der Waals surface area contributed by atoms with E-state index in [-0.39, 0.29) is 0 Å². The number of aliphatic imine (C=N–C) groups is 1. The number of hydrogen-bond acceptors (Lipinski definition) is 2. The number of halogens is 2. The maximum Gasteiger partial charge on any atom is 0.191 e. The average molecular weight is 351 g/mol. The molecule has 0 amide bonds. The highest BCUT2D eigenvalue weighted by Crippen LogP contribution is 2.21. The van der Waals surface area contributed by atoms with Crippen molar-refractivity contribution in [2.45, 2.75) is 19.4 Å². The third-order valence-corrected chi connectivity index (χ3v) is 3.90. The maximum absolute atomic E-state index is 6.17. The minimum atomic E-state index is 0.642. The first-order valence-electron chi connectivity index (χ1n) is 7.47. The Bertz CT molecular complexity index is 644. The molecule has 0 aliphatic carbocycles. The van der Waals surface area contributed by atoms with Crippen molar-refractivity contribution in [3.05, 3.63) is 63.9 Å². The number of pyridine rings is 1. The summed E-state index contributed by atoms with van der Waals surface area (Å²) in [4.78, 5) is 8.47. The SMILES string of the molecule is CN=C(NCCCc1ccc(Cl)cc1Cl)NCc1ccccn1. The van der Waals surface area contributed by atoms with Crippen LogP contribution in [0.5, 0.6) is 0 Å². The van der Waals surface area contributed by atoms with Crippen LogP contribution in [0.3, 0.4) is 0 Å². The molecule has 0 unspecified atom stereocenters.